The zero-order valence-corrected chi connectivity index (χ0v) is 13.5. The highest BCUT2D eigenvalue weighted by atomic mass is 79.9. The van der Waals surface area contributed by atoms with E-state index in [4.69, 9.17) is 5.11 Å². The number of aromatic carboxylic acids is 1. The van der Waals surface area contributed by atoms with Gasteiger partial charge in [-0.15, -0.1) is 0 Å². The maximum absolute atomic E-state index is 12.6. The lowest BCUT2D eigenvalue weighted by atomic mass is 10.2. The molecule has 21 heavy (non-hydrogen) atoms. The van der Waals surface area contributed by atoms with Crippen LogP contribution >= 0.6 is 15.9 Å². The first-order valence-corrected chi connectivity index (χ1v) is 8.24. The SMILES string of the molecule is CN1CCN(S(=O)(=O)c2cc(C(=O)O)ccc2Br)CC1=O. The van der Waals surface area contributed by atoms with E-state index in [0.29, 0.717) is 6.54 Å². The summed E-state index contributed by atoms with van der Waals surface area (Å²) in [6.07, 6.45) is 0. The Morgan fingerprint density at radius 1 is 1.33 bits per heavy atom. The predicted molar refractivity (Wildman–Crippen MR) is 77.5 cm³/mol. The summed E-state index contributed by atoms with van der Waals surface area (Å²) in [6.45, 7) is 0.227. The number of carbonyl (C=O) groups excluding carboxylic acids is 1. The molecule has 0 spiro atoms. The molecule has 1 aliphatic heterocycles. The fourth-order valence-electron chi connectivity index (χ4n) is 1.92. The highest BCUT2D eigenvalue weighted by Crippen LogP contribution is 2.27. The Hall–Kier alpha value is -1.45. The topological polar surface area (TPSA) is 95.0 Å². The second-order valence-corrected chi connectivity index (χ2v) is 7.36. The van der Waals surface area contributed by atoms with Gasteiger partial charge in [0.15, 0.2) is 0 Å². The first-order valence-electron chi connectivity index (χ1n) is 6.00. The van der Waals surface area contributed by atoms with Crippen LogP contribution in [0, 0.1) is 0 Å². The molecule has 114 valence electrons. The van der Waals surface area contributed by atoms with E-state index in [1.54, 1.807) is 7.05 Å². The van der Waals surface area contributed by atoms with Gasteiger partial charge < -0.3 is 10.0 Å². The molecular formula is C12H13BrN2O5S. The van der Waals surface area contributed by atoms with Crippen molar-refractivity contribution in [3.8, 4) is 0 Å². The molecule has 0 radical (unpaired) electrons. The summed E-state index contributed by atoms with van der Waals surface area (Å²) in [4.78, 5) is 23.9. The zero-order valence-electron chi connectivity index (χ0n) is 11.1. The van der Waals surface area contributed by atoms with Crippen LogP contribution in [0.5, 0.6) is 0 Å². The maximum Gasteiger partial charge on any atom is 0.335 e. The van der Waals surface area contributed by atoms with Crippen LogP contribution in [0.3, 0.4) is 0 Å². The first-order chi connectivity index (χ1) is 9.73. The van der Waals surface area contributed by atoms with Gasteiger partial charge in [-0.25, -0.2) is 13.2 Å². The highest BCUT2D eigenvalue weighted by Gasteiger charge is 2.33. The lowest BCUT2D eigenvalue weighted by molar-refractivity contribution is -0.132. The fraction of sp³-hybridized carbons (Fsp3) is 0.333. The summed E-state index contributed by atoms with van der Waals surface area (Å²) in [5.74, 6) is -1.51. The average molecular weight is 377 g/mol. The van der Waals surface area contributed by atoms with Crippen LogP contribution in [-0.2, 0) is 14.8 Å². The van der Waals surface area contributed by atoms with Gasteiger partial charge in [-0.1, -0.05) is 0 Å². The third kappa shape index (κ3) is 3.09. The smallest absolute Gasteiger partial charge is 0.335 e. The molecule has 0 saturated carbocycles. The molecule has 0 unspecified atom stereocenters. The summed E-state index contributed by atoms with van der Waals surface area (Å²) >= 11 is 3.11. The van der Waals surface area contributed by atoms with Gasteiger partial charge in [0.25, 0.3) is 0 Å². The number of rotatable bonds is 3. The maximum atomic E-state index is 12.6. The van der Waals surface area contributed by atoms with Crippen molar-refractivity contribution in [2.24, 2.45) is 0 Å². The number of carboxylic acid groups (broad SMARTS) is 1. The lowest BCUT2D eigenvalue weighted by Gasteiger charge is -2.31. The van der Waals surface area contributed by atoms with E-state index in [1.165, 1.54) is 17.0 Å². The van der Waals surface area contributed by atoms with Gasteiger partial charge in [0.05, 0.1) is 17.0 Å². The minimum atomic E-state index is -3.93. The number of sulfonamides is 1. The van der Waals surface area contributed by atoms with Gasteiger partial charge >= 0.3 is 5.97 Å². The number of hydrogen-bond acceptors (Lipinski definition) is 4. The number of likely N-dealkylation sites (N-methyl/N-ethyl adjacent to an activating group) is 1. The van der Waals surface area contributed by atoms with Gasteiger partial charge in [0, 0.05) is 24.6 Å². The van der Waals surface area contributed by atoms with Crippen molar-refractivity contribution in [1.82, 2.24) is 9.21 Å². The number of carbonyl (C=O) groups is 2. The number of nitrogens with zero attached hydrogens (tertiary/aromatic N) is 2. The van der Waals surface area contributed by atoms with Crippen LogP contribution in [0.4, 0.5) is 0 Å². The summed E-state index contributed by atoms with van der Waals surface area (Å²) in [5, 5.41) is 8.97. The molecule has 1 aromatic rings. The predicted octanol–water partition coefficient (Wildman–Crippen LogP) is 0.610. The van der Waals surface area contributed by atoms with Crippen LogP contribution in [0.15, 0.2) is 27.6 Å². The standard InChI is InChI=1S/C12H13BrN2O5S/c1-14-4-5-15(7-11(14)16)21(19,20)10-6-8(12(17)18)2-3-9(10)13/h2-3,6H,4-5,7H2,1H3,(H,17,18). The molecule has 7 nitrogen and oxygen atoms in total. The first kappa shape index (κ1) is 15.9. The van der Waals surface area contributed by atoms with E-state index in [0.717, 1.165) is 10.4 Å². The van der Waals surface area contributed by atoms with E-state index in [2.05, 4.69) is 15.9 Å². The number of halogens is 1. The Bertz CT molecular complexity index is 704. The Balaban J connectivity index is 2.42. The molecule has 0 bridgehead atoms. The van der Waals surface area contributed by atoms with Gasteiger partial charge in [-0.2, -0.15) is 4.31 Å². The normalized spacial score (nSPS) is 17.0. The molecule has 1 aromatic carbocycles. The molecule has 1 N–H and O–H groups in total. The number of carboxylic acids is 1. The fourth-order valence-corrected chi connectivity index (χ4v) is 4.25. The Labute approximate surface area is 130 Å². The number of amides is 1. The molecule has 1 saturated heterocycles. The third-order valence-corrected chi connectivity index (χ3v) is 6.06. The number of benzene rings is 1. The monoisotopic (exact) mass is 376 g/mol. The highest BCUT2D eigenvalue weighted by molar-refractivity contribution is 9.10. The van der Waals surface area contributed by atoms with E-state index < -0.39 is 16.0 Å². The molecule has 0 atom stereocenters. The van der Waals surface area contributed by atoms with Crippen LogP contribution in [-0.4, -0.2) is 61.3 Å². The van der Waals surface area contributed by atoms with E-state index >= 15 is 0 Å². The van der Waals surface area contributed by atoms with Gasteiger partial charge in [0.2, 0.25) is 15.9 Å². The summed E-state index contributed by atoms with van der Waals surface area (Å²) < 4.78 is 26.5. The molecule has 0 aromatic heterocycles. The minimum absolute atomic E-state index is 0.128. The molecule has 0 aliphatic carbocycles. The Kier molecular flexibility index (Phi) is 4.35. The molecule has 1 aliphatic rings. The largest absolute Gasteiger partial charge is 0.478 e. The van der Waals surface area contributed by atoms with E-state index in [9.17, 15) is 18.0 Å². The Morgan fingerprint density at radius 2 is 2.00 bits per heavy atom. The second kappa shape index (κ2) is 5.74. The number of piperazine rings is 1. The van der Waals surface area contributed by atoms with Crippen LogP contribution in [0.25, 0.3) is 0 Å². The molecule has 1 heterocycles. The van der Waals surface area contributed by atoms with E-state index in [1.807, 2.05) is 0 Å². The minimum Gasteiger partial charge on any atom is -0.478 e. The Morgan fingerprint density at radius 3 is 2.57 bits per heavy atom. The quantitative estimate of drug-likeness (QED) is 0.833. The molecule has 9 heteroatoms. The van der Waals surface area contributed by atoms with E-state index in [-0.39, 0.29) is 33.9 Å². The van der Waals surface area contributed by atoms with Crippen molar-refractivity contribution in [2.75, 3.05) is 26.7 Å². The van der Waals surface area contributed by atoms with Gasteiger partial charge in [-0.05, 0) is 34.1 Å². The second-order valence-electron chi connectivity index (χ2n) is 4.60. The number of hydrogen-bond donors (Lipinski definition) is 1. The van der Waals surface area contributed by atoms with Crippen molar-refractivity contribution >= 4 is 37.8 Å². The van der Waals surface area contributed by atoms with Crippen LogP contribution in [0.2, 0.25) is 0 Å². The lowest BCUT2D eigenvalue weighted by Crippen LogP contribution is -2.50. The van der Waals surface area contributed by atoms with Crippen molar-refractivity contribution in [3.63, 3.8) is 0 Å². The van der Waals surface area contributed by atoms with Crippen molar-refractivity contribution < 1.29 is 23.1 Å². The summed E-state index contributed by atoms with van der Waals surface area (Å²) in [7, 11) is -2.33. The van der Waals surface area contributed by atoms with Crippen molar-refractivity contribution in [3.05, 3.63) is 28.2 Å². The average Bonchev–Trinajstić information content (AvgIpc) is 2.41. The zero-order chi connectivity index (χ0) is 15.8. The summed E-state index contributed by atoms with van der Waals surface area (Å²) in [6, 6.07) is 3.76. The van der Waals surface area contributed by atoms with Crippen molar-refractivity contribution in [1.29, 1.82) is 0 Å². The molecular weight excluding hydrogens is 364 g/mol. The molecule has 1 amide bonds. The molecule has 2 rings (SSSR count). The van der Waals surface area contributed by atoms with Gasteiger partial charge in [0.1, 0.15) is 0 Å². The van der Waals surface area contributed by atoms with Crippen molar-refractivity contribution in [2.45, 2.75) is 4.90 Å². The van der Waals surface area contributed by atoms with Gasteiger partial charge in [-0.3, -0.25) is 4.79 Å². The van der Waals surface area contributed by atoms with Crippen LogP contribution in [0.1, 0.15) is 10.4 Å². The third-order valence-electron chi connectivity index (χ3n) is 3.22. The van der Waals surface area contributed by atoms with Crippen LogP contribution < -0.4 is 0 Å². The summed E-state index contributed by atoms with van der Waals surface area (Å²) in [5.41, 5.74) is -0.128. The molecule has 1 fully saturated rings.